The van der Waals surface area contributed by atoms with E-state index in [-0.39, 0.29) is 18.0 Å². The second-order valence-electron chi connectivity index (χ2n) is 2.16. The summed E-state index contributed by atoms with van der Waals surface area (Å²) in [4.78, 5) is 10.6. The summed E-state index contributed by atoms with van der Waals surface area (Å²) in [6, 6.07) is 0. The van der Waals surface area contributed by atoms with E-state index < -0.39 is 0 Å². The molecule has 1 aliphatic carbocycles. The van der Waals surface area contributed by atoms with Gasteiger partial charge in [-0.1, -0.05) is 0 Å². The summed E-state index contributed by atoms with van der Waals surface area (Å²) in [5.74, 6) is -0.517. The van der Waals surface area contributed by atoms with Crippen molar-refractivity contribution in [2.24, 2.45) is 0 Å². The largest absolute Gasteiger partial charge is 0.515 e. The number of hydrogen-bond donors (Lipinski definition) is 2. The summed E-state index contributed by atoms with van der Waals surface area (Å²) in [5, 5.41) is 17.3. The molecular weight excluding hydrogens is 132 g/mol. The van der Waals surface area contributed by atoms with Crippen molar-refractivity contribution in [3.8, 4) is 0 Å². The second kappa shape index (κ2) is 2.56. The van der Waals surface area contributed by atoms with Crippen LogP contribution in [0.5, 0.6) is 0 Å². The monoisotopic (exact) mass is 140 g/mol. The maximum Gasteiger partial charge on any atom is 0.197 e. The summed E-state index contributed by atoms with van der Waals surface area (Å²) in [7, 11) is 0. The standard InChI is InChI=1S/C7H8O3/c8-4-5-1-2-6(9)7(10)3-5/h3-4,8,10H,1-2H2/b5-4+. The fourth-order valence-corrected chi connectivity index (χ4v) is 0.816. The van der Waals surface area contributed by atoms with E-state index in [1.54, 1.807) is 0 Å². The summed E-state index contributed by atoms with van der Waals surface area (Å²) in [6.07, 6.45) is 2.99. The Morgan fingerprint density at radius 2 is 2.20 bits per heavy atom. The van der Waals surface area contributed by atoms with Crippen LogP contribution < -0.4 is 0 Å². The van der Waals surface area contributed by atoms with Crippen molar-refractivity contribution in [1.82, 2.24) is 0 Å². The van der Waals surface area contributed by atoms with Crippen molar-refractivity contribution in [2.75, 3.05) is 0 Å². The van der Waals surface area contributed by atoms with Gasteiger partial charge in [0.25, 0.3) is 0 Å². The first kappa shape index (κ1) is 6.86. The van der Waals surface area contributed by atoms with Gasteiger partial charge in [0, 0.05) is 6.42 Å². The Kier molecular flexibility index (Phi) is 1.76. The zero-order chi connectivity index (χ0) is 7.56. The van der Waals surface area contributed by atoms with E-state index in [9.17, 15) is 4.79 Å². The maximum atomic E-state index is 10.6. The molecule has 3 heteroatoms. The van der Waals surface area contributed by atoms with E-state index in [0.717, 1.165) is 6.26 Å². The molecule has 3 nitrogen and oxygen atoms in total. The Labute approximate surface area is 58.3 Å². The van der Waals surface area contributed by atoms with Gasteiger partial charge in [0.2, 0.25) is 0 Å². The molecule has 0 atom stereocenters. The Hall–Kier alpha value is -1.25. The van der Waals surface area contributed by atoms with Crippen LogP contribution in [0, 0.1) is 0 Å². The maximum absolute atomic E-state index is 10.6. The number of aliphatic hydroxyl groups excluding tert-OH is 2. The van der Waals surface area contributed by atoms with Crippen LogP contribution in [-0.2, 0) is 4.79 Å². The summed E-state index contributed by atoms with van der Waals surface area (Å²) in [5.41, 5.74) is 0.595. The molecule has 1 rings (SSSR count). The lowest BCUT2D eigenvalue weighted by atomic mass is 10.0. The van der Waals surface area contributed by atoms with E-state index in [1.807, 2.05) is 0 Å². The first-order chi connectivity index (χ1) is 4.74. The highest BCUT2D eigenvalue weighted by atomic mass is 16.3. The third-order valence-electron chi connectivity index (χ3n) is 1.41. The Morgan fingerprint density at radius 3 is 2.70 bits per heavy atom. The number of carbonyl (C=O) groups excluding carboxylic acids is 1. The van der Waals surface area contributed by atoms with Gasteiger partial charge in [-0.15, -0.1) is 0 Å². The number of aliphatic hydroxyl groups is 2. The Morgan fingerprint density at radius 1 is 1.50 bits per heavy atom. The van der Waals surface area contributed by atoms with E-state index in [1.165, 1.54) is 6.08 Å². The minimum atomic E-state index is -0.259. The molecule has 0 spiro atoms. The number of allylic oxidation sites excluding steroid dienone is 3. The second-order valence-corrected chi connectivity index (χ2v) is 2.16. The lowest BCUT2D eigenvalue weighted by Gasteiger charge is -2.07. The van der Waals surface area contributed by atoms with Crippen molar-refractivity contribution in [3.05, 3.63) is 23.7 Å². The third kappa shape index (κ3) is 1.18. The van der Waals surface area contributed by atoms with E-state index in [0.29, 0.717) is 12.0 Å². The molecule has 0 aromatic heterocycles. The van der Waals surface area contributed by atoms with Crippen molar-refractivity contribution in [3.63, 3.8) is 0 Å². The average molecular weight is 140 g/mol. The van der Waals surface area contributed by atoms with Gasteiger partial charge >= 0.3 is 0 Å². The van der Waals surface area contributed by atoms with Gasteiger partial charge < -0.3 is 10.2 Å². The molecule has 0 fully saturated rings. The van der Waals surface area contributed by atoms with Crippen molar-refractivity contribution >= 4 is 5.78 Å². The van der Waals surface area contributed by atoms with Gasteiger partial charge in [0.15, 0.2) is 11.5 Å². The van der Waals surface area contributed by atoms with Crippen LogP contribution in [0.15, 0.2) is 23.7 Å². The van der Waals surface area contributed by atoms with Crippen LogP contribution in [-0.4, -0.2) is 16.0 Å². The van der Waals surface area contributed by atoms with Gasteiger partial charge in [-0.2, -0.15) is 0 Å². The smallest absolute Gasteiger partial charge is 0.197 e. The highest BCUT2D eigenvalue weighted by molar-refractivity contribution is 5.94. The quantitative estimate of drug-likeness (QED) is 0.497. The summed E-state index contributed by atoms with van der Waals surface area (Å²) >= 11 is 0. The predicted octanol–water partition coefficient (Wildman–Crippen LogP) is 1.23. The highest BCUT2D eigenvalue weighted by Gasteiger charge is 2.14. The van der Waals surface area contributed by atoms with Gasteiger partial charge in [-0.05, 0) is 18.1 Å². The Bertz CT molecular complexity index is 213. The number of hydrogen-bond acceptors (Lipinski definition) is 3. The molecule has 10 heavy (non-hydrogen) atoms. The molecule has 0 bridgehead atoms. The van der Waals surface area contributed by atoms with Gasteiger partial charge in [0.1, 0.15) is 0 Å². The SMILES string of the molecule is O=C1CC/C(=C\O)C=C1O. The lowest BCUT2D eigenvalue weighted by molar-refractivity contribution is -0.118. The van der Waals surface area contributed by atoms with Crippen LogP contribution in [0.4, 0.5) is 0 Å². The Balaban J connectivity index is 2.85. The first-order valence-corrected chi connectivity index (χ1v) is 3.01. The number of ketones is 1. The topological polar surface area (TPSA) is 57.5 Å². The molecule has 0 saturated heterocycles. The minimum absolute atomic E-state index is 0.258. The molecule has 1 aliphatic rings. The molecule has 2 N–H and O–H groups in total. The van der Waals surface area contributed by atoms with Crippen LogP contribution in [0.2, 0.25) is 0 Å². The number of carbonyl (C=O) groups is 1. The normalized spacial score (nSPS) is 23.0. The number of Topliss-reactive ketones (excluding diaryl/α,β-unsaturated/α-hetero) is 1. The van der Waals surface area contributed by atoms with E-state index in [4.69, 9.17) is 10.2 Å². The van der Waals surface area contributed by atoms with Gasteiger partial charge in [-0.3, -0.25) is 4.79 Å². The molecule has 54 valence electrons. The number of rotatable bonds is 0. The van der Waals surface area contributed by atoms with Crippen LogP contribution in [0.1, 0.15) is 12.8 Å². The average Bonchev–Trinajstić information content (AvgIpc) is 1.95. The van der Waals surface area contributed by atoms with E-state index in [2.05, 4.69) is 0 Å². The molecule has 0 heterocycles. The van der Waals surface area contributed by atoms with Crippen LogP contribution >= 0.6 is 0 Å². The molecular formula is C7H8O3. The van der Waals surface area contributed by atoms with Crippen molar-refractivity contribution in [2.45, 2.75) is 12.8 Å². The fourth-order valence-electron chi connectivity index (χ4n) is 0.816. The summed E-state index contributed by atoms with van der Waals surface area (Å²) in [6.45, 7) is 0. The van der Waals surface area contributed by atoms with Crippen LogP contribution in [0.3, 0.4) is 0 Å². The molecule has 0 saturated carbocycles. The fraction of sp³-hybridized carbons (Fsp3) is 0.286. The van der Waals surface area contributed by atoms with Crippen molar-refractivity contribution in [1.29, 1.82) is 0 Å². The minimum Gasteiger partial charge on any atom is -0.515 e. The molecule has 0 aromatic carbocycles. The third-order valence-corrected chi connectivity index (χ3v) is 1.41. The summed E-state index contributed by atoms with van der Waals surface area (Å²) < 4.78 is 0. The molecule has 0 amide bonds. The molecule has 0 radical (unpaired) electrons. The van der Waals surface area contributed by atoms with Gasteiger partial charge in [0.05, 0.1) is 6.26 Å². The molecule has 0 unspecified atom stereocenters. The first-order valence-electron chi connectivity index (χ1n) is 3.01. The zero-order valence-corrected chi connectivity index (χ0v) is 5.37. The van der Waals surface area contributed by atoms with Crippen LogP contribution in [0.25, 0.3) is 0 Å². The highest BCUT2D eigenvalue weighted by Crippen LogP contribution is 2.16. The molecule has 0 aliphatic heterocycles. The van der Waals surface area contributed by atoms with Gasteiger partial charge in [-0.25, -0.2) is 0 Å². The zero-order valence-electron chi connectivity index (χ0n) is 5.37. The van der Waals surface area contributed by atoms with Crippen molar-refractivity contribution < 1.29 is 15.0 Å². The lowest BCUT2D eigenvalue weighted by Crippen LogP contribution is -2.07. The predicted molar refractivity (Wildman–Crippen MR) is 35.7 cm³/mol. The molecule has 0 aromatic rings. The van der Waals surface area contributed by atoms with E-state index >= 15 is 0 Å².